The number of nitrogens with two attached hydrogens (primary N) is 1. The van der Waals surface area contributed by atoms with Crippen LogP contribution in [0.5, 0.6) is 0 Å². The van der Waals surface area contributed by atoms with Crippen LogP contribution in [0.15, 0.2) is 11.2 Å². The number of thioether (sulfide) groups is 1. The molecule has 0 bridgehead atoms. The molecule has 1 saturated heterocycles. The van der Waals surface area contributed by atoms with E-state index in [2.05, 4.69) is 9.97 Å². The monoisotopic (exact) mass is 286 g/mol. The van der Waals surface area contributed by atoms with Crippen LogP contribution in [0.25, 0.3) is 0 Å². The first kappa shape index (κ1) is 13.1. The standard InChI is InChI=1S/C10H11ClN4O2S/c1-18-10-13-6(11)3-7(14-10)15-4-5(9(12)17)2-8(15)16/h3,5H,2,4H2,1H3,(H2,12,17). The fourth-order valence-electron chi connectivity index (χ4n) is 1.73. The van der Waals surface area contributed by atoms with Crippen LogP contribution >= 0.6 is 23.4 Å². The zero-order valence-corrected chi connectivity index (χ0v) is 11.2. The summed E-state index contributed by atoms with van der Waals surface area (Å²) in [5.41, 5.74) is 5.21. The summed E-state index contributed by atoms with van der Waals surface area (Å²) in [6.45, 7) is 0.245. The van der Waals surface area contributed by atoms with Crippen LogP contribution in [0.1, 0.15) is 6.42 Å². The van der Waals surface area contributed by atoms with E-state index in [4.69, 9.17) is 17.3 Å². The summed E-state index contributed by atoms with van der Waals surface area (Å²) >= 11 is 7.19. The predicted molar refractivity (Wildman–Crippen MR) is 68.5 cm³/mol. The van der Waals surface area contributed by atoms with Crippen LogP contribution in [0.3, 0.4) is 0 Å². The summed E-state index contributed by atoms with van der Waals surface area (Å²) in [4.78, 5) is 32.5. The number of amides is 2. The number of nitrogens with zero attached hydrogens (tertiary/aromatic N) is 3. The Morgan fingerprint density at radius 2 is 2.33 bits per heavy atom. The summed E-state index contributed by atoms with van der Waals surface area (Å²) in [5.74, 6) is -0.714. The van der Waals surface area contributed by atoms with E-state index in [9.17, 15) is 9.59 Å². The first-order valence-electron chi connectivity index (χ1n) is 5.19. The van der Waals surface area contributed by atoms with Crippen molar-refractivity contribution >= 4 is 41.0 Å². The Labute approximate surface area is 113 Å². The molecule has 18 heavy (non-hydrogen) atoms. The van der Waals surface area contributed by atoms with E-state index in [0.29, 0.717) is 11.0 Å². The molecule has 1 aromatic heterocycles. The van der Waals surface area contributed by atoms with Gasteiger partial charge in [0.25, 0.3) is 0 Å². The Bertz CT molecular complexity index is 511. The molecule has 1 atom stereocenters. The van der Waals surface area contributed by atoms with Gasteiger partial charge < -0.3 is 5.73 Å². The van der Waals surface area contributed by atoms with Crippen molar-refractivity contribution in [2.45, 2.75) is 11.6 Å². The molecule has 1 aromatic rings. The van der Waals surface area contributed by atoms with E-state index < -0.39 is 11.8 Å². The molecule has 1 fully saturated rings. The smallest absolute Gasteiger partial charge is 0.229 e. The number of aromatic nitrogens is 2. The largest absolute Gasteiger partial charge is 0.369 e. The Kier molecular flexibility index (Phi) is 3.72. The number of anilines is 1. The highest BCUT2D eigenvalue weighted by Gasteiger charge is 2.34. The van der Waals surface area contributed by atoms with Gasteiger partial charge in [-0.15, -0.1) is 0 Å². The summed E-state index contributed by atoms with van der Waals surface area (Å²) < 4.78 is 0. The molecule has 2 amide bonds. The van der Waals surface area contributed by atoms with Crippen molar-refractivity contribution in [3.05, 3.63) is 11.2 Å². The Hall–Kier alpha value is -1.34. The van der Waals surface area contributed by atoms with Crippen LogP contribution in [-0.2, 0) is 9.59 Å². The molecule has 0 aromatic carbocycles. The molecule has 6 nitrogen and oxygen atoms in total. The third kappa shape index (κ3) is 2.56. The molecule has 2 N–H and O–H groups in total. The minimum Gasteiger partial charge on any atom is -0.369 e. The van der Waals surface area contributed by atoms with Gasteiger partial charge in [0, 0.05) is 19.0 Å². The fourth-order valence-corrected chi connectivity index (χ4v) is 2.34. The molecule has 1 unspecified atom stereocenters. The van der Waals surface area contributed by atoms with Crippen LogP contribution in [0.2, 0.25) is 5.15 Å². The van der Waals surface area contributed by atoms with Gasteiger partial charge >= 0.3 is 0 Å². The number of carbonyl (C=O) groups is 2. The van der Waals surface area contributed by atoms with Gasteiger partial charge in [-0.3, -0.25) is 14.5 Å². The number of primary amides is 1. The Morgan fingerprint density at radius 1 is 1.61 bits per heavy atom. The lowest BCUT2D eigenvalue weighted by atomic mass is 10.1. The zero-order valence-electron chi connectivity index (χ0n) is 9.59. The maximum absolute atomic E-state index is 11.8. The predicted octanol–water partition coefficient (Wildman–Crippen LogP) is 0.690. The van der Waals surface area contributed by atoms with Crippen LogP contribution in [-0.4, -0.2) is 34.6 Å². The van der Waals surface area contributed by atoms with Crippen molar-refractivity contribution in [2.24, 2.45) is 11.7 Å². The zero-order chi connectivity index (χ0) is 13.3. The van der Waals surface area contributed by atoms with E-state index in [1.165, 1.54) is 22.7 Å². The second kappa shape index (κ2) is 5.11. The van der Waals surface area contributed by atoms with Crippen molar-refractivity contribution in [2.75, 3.05) is 17.7 Å². The summed E-state index contributed by atoms with van der Waals surface area (Å²) in [6.07, 6.45) is 1.93. The van der Waals surface area contributed by atoms with E-state index >= 15 is 0 Å². The number of rotatable bonds is 3. The SMILES string of the molecule is CSc1nc(Cl)cc(N2CC(C(N)=O)CC2=O)n1. The summed E-state index contributed by atoms with van der Waals surface area (Å²) in [5, 5.41) is 0.743. The van der Waals surface area contributed by atoms with E-state index in [0.717, 1.165) is 0 Å². The topological polar surface area (TPSA) is 89.2 Å². The molecule has 0 spiro atoms. The maximum Gasteiger partial charge on any atom is 0.229 e. The number of halogens is 1. The van der Waals surface area contributed by atoms with Crippen molar-refractivity contribution in [1.29, 1.82) is 0 Å². The highest BCUT2D eigenvalue weighted by Crippen LogP contribution is 2.26. The van der Waals surface area contributed by atoms with Crippen LogP contribution in [0.4, 0.5) is 5.82 Å². The van der Waals surface area contributed by atoms with Crippen molar-refractivity contribution < 1.29 is 9.59 Å². The molecular formula is C10H11ClN4O2S. The first-order chi connectivity index (χ1) is 8.51. The Morgan fingerprint density at radius 3 is 2.89 bits per heavy atom. The normalized spacial score (nSPS) is 19.3. The third-order valence-electron chi connectivity index (χ3n) is 2.65. The van der Waals surface area contributed by atoms with Crippen molar-refractivity contribution in [3.63, 3.8) is 0 Å². The lowest BCUT2D eigenvalue weighted by molar-refractivity contribution is -0.123. The lowest BCUT2D eigenvalue weighted by Crippen LogP contribution is -2.29. The molecule has 1 aliphatic heterocycles. The second-order valence-electron chi connectivity index (χ2n) is 3.84. The average Bonchev–Trinajstić information content (AvgIpc) is 2.70. The summed E-state index contributed by atoms with van der Waals surface area (Å²) in [6, 6.07) is 1.50. The van der Waals surface area contributed by atoms with Gasteiger partial charge in [0.1, 0.15) is 11.0 Å². The van der Waals surface area contributed by atoms with E-state index in [1.54, 1.807) is 0 Å². The second-order valence-corrected chi connectivity index (χ2v) is 5.00. The minimum atomic E-state index is -0.476. The Balaban J connectivity index is 2.29. The van der Waals surface area contributed by atoms with Crippen molar-refractivity contribution in [1.82, 2.24) is 9.97 Å². The molecule has 0 radical (unpaired) electrons. The quantitative estimate of drug-likeness (QED) is 0.502. The number of hydrogen-bond donors (Lipinski definition) is 1. The highest BCUT2D eigenvalue weighted by atomic mass is 35.5. The molecular weight excluding hydrogens is 276 g/mol. The van der Waals surface area contributed by atoms with E-state index in [1.807, 2.05) is 6.26 Å². The highest BCUT2D eigenvalue weighted by molar-refractivity contribution is 7.98. The van der Waals surface area contributed by atoms with Gasteiger partial charge in [-0.2, -0.15) is 0 Å². The van der Waals surface area contributed by atoms with Gasteiger partial charge in [-0.25, -0.2) is 9.97 Å². The molecule has 1 aliphatic rings. The summed E-state index contributed by atoms with van der Waals surface area (Å²) in [7, 11) is 0. The molecule has 0 saturated carbocycles. The van der Waals surface area contributed by atoms with Gasteiger partial charge in [-0.1, -0.05) is 23.4 Å². The van der Waals surface area contributed by atoms with Gasteiger partial charge in [0.15, 0.2) is 5.16 Å². The molecule has 2 heterocycles. The van der Waals surface area contributed by atoms with Gasteiger partial charge in [0.05, 0.1) is 5.92 Å². The number of carbonyl (C=O) groups excluding carboxylic acids is 2. The maximum atomic E-state index is 11.8. The molecule has 2 rings (SSSR count). The number of hydrogen-bond acceptors (Lipinski definition) is 5. The first-order valence-corrected chi connectivity index (χ1v) is 6.79. The van der Waals surface area contributed by atoms with E-state index in [-0.39, 0.29) is 24.0 Å². The third-order valence-corrected chi connectivity index (χ3v) is 3.39. The van der Waals surface area contributed by atoms with Crippen LogP contribution < -0.4 is 10.6 Å². The average molecular weight is 287 g/mol. The lowest BCUT2D eigenvalue weighted by Gasteiger charge is -2.15. The van der Waals surface area contributed by atoms with Gasteiger partial charge in [0.2, 0.25) is 11.8 Å². The minimum absolute atomic E-state index is 0.117. The van der Waals surface area contributed by atoms with Gasteiger partial charge in [-0.05, 0) is 6.26 Å². The van der Waals surface area contributed by atoms with Crippen molar-refractivity contribution in [3.8, 4) is 0 Å². The molecule has 96 valence electrons. The van der Waals surface area contributed by atoms with Crippen LogP contribution in [0, 0.1) is 5.92 Å². The fraction of sp³-hybridized carbons (Fsp3) is 0.400. The molecule has 8 heteroatoms. The molecule has 0 aliphatic carbocycles.